The van der Waals surface area contributed by atoms with Crippen LogP contribution >= 0.6 is 0 Å². The van der Waals surface area contributed by atoms with E-state index < -0.39 is 0 Å². The lowest BCUT2D eigenvalue weighted by Crippen LogP contribution is -2.50. The second kappa shape index (κ2) is 5.57. The number of piperidine rings is 1. The average Bonchev–Trinajstić information content (AvgIpc) is 2.91. The molecule has 2 atom stereocenters. The first-order valence-corrected chi connectivity index (χ1v) is 8.84. The van der Waals surface area contributed by atoms with Gasteiger partial charge in [0.15, 0.2) is 0 Å². The van der Waals surface area contributed by atoms with Crippen molar-refractivity contribution in [2.75, 3.05) is 6.54 Å². The third-order valence-electron chi connectivity index (χ3n) is 6.00. The lowest BCUT2D eigenvalue weighted by Gasteiger charge is -2.44. The summed E-state index contributed by atoms with van der Waals surface area (Å²) in [5.74, 6) is 1.08. The number of amides is 1. The Balaban J connectivity index is 1.61. The van der Waals surface area contributed by atoms with Crippen LogP contribution in [0.2, 0.25) is 0 Å². The van der Waals surface area contributed by atoms with E-state index in [1.165, 1.54) is 55.2 Å². The molecule has 1 aromatic rings. The molecule has 3 aliphatic rings. The van der Waals surface area contributed by atoms with E-state index in [2.05, 4.69) is 36.1 Å². The molecular weight excluding hydrogens is 270 g/mol. The number of hydrogen-bond donors (Lipinski definition) is 0. The standard InChI is InChI=1S/C20H25NO/c1-14-17-10-4-2-8-16(17)13-18(14)20(22)21-12-6-9-15-7-3-5-11-19(15)21/h2,4,8,10,15,19H,3,5-7,9,11-13H2,1H3/t15-,19+/m0/s1. The summed E-state index contributed by atoms with van der Waals surface area (Å²) < 4.78 is 0. The smallest absolute Gasteiger partial charge is 0.250 e. The minimum atomic E-state index is 0.324. The third kappa shape index (κ3) is 2.20. The summed E-state index contributed by atoms with van der Waals surface area (Å²) in [4.78, 5) is 15.4. The second-order valence-electron chi connectivity index (χ2n) is 7.19. The maximum atomic E-state index is 13.2. The highest BCUT2D eigenvalue weighted by molar-refractivity contribution is 6.03. The minimum Gasteiger partial charge on any atom is -0.336 e. The van der Waals surface area contributed by atoms with Gasteiger partial charge in [-0.3, -0.25) is 4.79 Å². The van der Waals surface area contributed by atoms with Crippen LogP contribution in [0.1, 0.15) is 56.6 Å². The maximum Gasteiger partial charge on any atom is 0.250 e. The van der Waals surface area contributed by atoms with E-state index in [1.54, 1.807) is 0 Å². The van der Waals surface area contributed by atoms with Crippen LogP contribution in [0.3, 0.4) is 0 Å². The monoisotopic (exact) mass is 295 g/mol. The number of benzene rings is 1. The van der Waals surface area contributed by atoms with E-state index in [-0.39, 0.29) is 0 Å². The number of hydrogen-bond acceptors (Lipinski definition) is 1. The first kappa shape index (κ1) is 14.0. The Morgan fingerprint density at radius 1 is 1.09 bits per heavy atom. The van der Waals surface area contributed by atoms with Gasteiger partial charge in [-0.1, -0.05) is 37.1 Å². The summed E-state index contributed by atoms with van der Waals surface area (Å²) in [5.41, 5.74) is 4.86. The highest BCUT2D eigenvalue weighted by Crippen LogP contribution is 2.38. The number of allylic oxidation sites excluding steroid dienone is 1. The molecule has 0 radical (unpaired) electrons. The van der Waals surface area contributed by atoms with Crippen LogP contribution in [0.25, 0.3) is 5.57 Å². The molecule has 0 spiro atoms. The fourth-order valence-electron chi connectivity index (χ4n) is 4.81. The molecule has 1 aliphatic heterocycles. The molecule has 1 saturated heterocycles. The number of fused-ring (bicyclic) bond motifs is 2. The van der Waals surface area contributed by atoms with Crippen LogP contribution in [0.15, 0.2) is 29.8 Å². The maximum absolute atomic E-state index is 13.2. The quantitative estimate of drug-likeness (QED) is 0.760. The van der Waals surface area contributed by atoms with E-state index in [1.807, 2.05) is 0 Å². The number of carbonyl (C=O) groups excluding carboxylic acids is 1. The molecule has 22 heavy (non-hydrogen) atoms. The fourth-order valence-corrected chi connectivity index (χ4v) is 4.81. The van der Waals surface area contributed by atoms with Gasteiger partial charge in [-0.2, -0.15) is 0 Å². The van der Waals surface area contributed by atoms with Gasteiger partial charge in [-0.15, -0.1) is 0 Å². The van der Waals surface area contributed by atoms with E-state index in [0.29, 0.717) is 11.9 Å². The van der Waals surface area contributed by atoms with Gasteiger partial charge in [0.2, 0.25) is 0 Å². The Labute approximate surface area is 133 Å². The van der Waals surface area contributed by atoms with Crippen molar-refractivity contribution in [2.24, 2.45) is 5.92 Å². The molecule has 2 fully saturated rings. The Hall–Kier alpha value is -1.57. The number of nitrogens with zero attached hydrogens (tertiary/aromatic N) is 1. The molecule has 4 rings (SSSR count). The Kier molecular flexibility index (Phi) is 3.56. The minimum absolute atomic E-state index is 0.324. The summed E-state index contributed by atoms with van der Waals surface area (Å²) in [5, 5.41) is 0. The zero-order chi connectivity index (χ0) is 15.1. The van der Waals surface area contributed by atoms with Crippen molar-refractivity contribution >= 4 is 11.5 Å². The summed E-state index contributed by atoms with van der Waals surface area (Å²) in [6.07, 6.45) is 8.54. The van der Waals surface area contributed by atoms with Gasteiger partial charge in [-0.25, -0.2) is 0 Å². The van der Waals surface area contributed by atoms with Crippen molar-refractivity contribution in [1.82, 2.24) is 4.90 Å². The molecule has 1 aromatic carbocycles. The van der Waals surface area contributed by atoms with E-state index >= 15 is 0 Å². The largest absolute Gasteiger partial charge is 0.336 e. The molecule has 2 nitrogen and oxygen atoms in total. The van der Waals surface area contributed by atoms with E-state index in [9.17, 15) is 4.79 Å². The molecule has 1 heterocycles. The van der Waals surface area contributed by atoms with Gasteiger partial charge in [0, 0.05) is 24.6 Å². The molecular formula is C20H25NO. The van der Waals surface area contributed by atoms with Crippen molar-refractivity contribution in [1.29, 1.82) is 0 Å². The van der Waals surface area contributed by atoms with Gasteiger partial charge in [-0.05, 0) is 55.2 Å². The Bertz CT molecular complexity index is 628. The average molecular weight is 295 g/mol. The van der Waals surface area contributed by atoms with Crippen molar-refractivity contribution in [3.05, 3.63) is 41.0 Å². The van der Waals surface area contributed by atoms with Gasteiger partial charge >= 0.3 is 0 Å². The molecule has 2 heteroatoms. The Morgan fingerprint density at radius 2 is 1.86 bits per heavy atom. The van der Waals surface area contributed by atoms with Gasteiger partial charge in [0.1, 0.15) is 0 Å². The fraction of sp³-hybridized carbons (Fsp3) is 0.550. The SMILES string of the molecule is CC1=C(C(=O)N2CCC[C@@H]3CCCC[C@H]32)Cc2ccccc21. The highest BCUT2D eigenvalue weighted by atomic mass is 16.2. The van der Waals surface area contributed by atoms with Crippen molar-refractivity contribution in [3.8, 4) is 0 Å². The number of rotatable bonds is 1. The molecule has 0 N–H and O–H groups in total. The summed E-state index contributed by atoms with van der Waals surface area (Å²) >= 11 is 0. The van der Waals surface area contributed by atoms with Crippen LogP contribution < -0.4 is 0 Å². The normalized spacial score (nSPS) is 27.6. The Morgan fingerprint density at radius 3 is 2.73 bits per heavy atom. The lowest BCUT2D eigenvalue weighted by molar-refractivity contribution is -0.133. The first-order valence-electron chi connectivity index (χ1n) is 8.84. The molecule has 0 aromatic heterocycles. The molecule has 1 amide bonds. The number of carbonyl (C=O) groups is 1. The highest BCUT2D eigenvalue weighted by Gasteiger charge is 2.37. The second-order valence-corrected chi connectivity index (χ2v) is 7.19. The molecule has 0 bridgehead atoms. The summed E-state index contributed by atoms with van der Waals surface area (Å²) in [6, 6.07) is 8.99. The van der Waals surface area contributed by atoms with Crippen LogP contribution in [-0.2, 0) is 11.2 Å². The predicted octanol–water partition coefficient (Wildman–Crippen LogP) is 4.20. The topological polar surface area (TPSA) is 20.3 Å². The van der Waals surface area contributed by atoms with Crippen LogP contribution in [-0.4, -0.2) is 23.4 Å². The van der Waals surface area contributed by atoms with E-state index in [0.717, 1.165) is 24.5 Å². The van der Waals surface area contributed by atoms with Crippen LogP contribution in [0.5, 0.6) is 0 Å². The van der Waals surface area contributed by atoms with Crippen molar-refractivity contribution < 1.29 is 4.79 Å². The van der Waals surface area contributed by atoms with Gasteiger partial charge in [0.05, 0.1) is 0 Å². The van der Waals surface area contributed by atoms with E-state index in [4.69, 9.17) is 0 Å². The summed E-state index contributed by atoms with van der Waals surface area (Å²) in [7, 11) is 0. The number of likely N-dealkylation sites (tertiary alicyclic amines) is 1. The third-order valence-corrected chi connectivity index (χ3v) is 6.00. The molecule has 1 saturated carbocycles. The van der Waals surface area contributed by atoms with Crippen molar-refractivity contribution in [3.63, 3.8) is 0 Å². The van der Waals surface area contributed by atoms with Crippen LogP contribution in [0, 0.1) is 5.92 Å². The molecule has 2 aliphatic carbocycles. The first-order chi connectivity index (χ1) is 10.8. The summed E-state index contributed by atoms with van der Waals surface area (Å²) in [6.45, 7) is 3.09. The molecule has 116 valence electrons. The van der Waals surface area contributed by atoms with Crippen LogP contribution in [0.4, 0.5) is 0 Å². The predicted molar refractivity (Wildman–Crippen MR) is 89.4 cm³/mol. The molecule has 0 unspecified atom stereocenters. The zero-order valence-electron chi connectivity index (χ0n) is 13.5. The van der Waals surface area contributed by atoms with Gasteiger partial charge < -0.3 is 4.90 Å². The van der Waals surface area contributed by atoms with Gasteiger partial charge in [0.25, 0.3) is 5.91 Å². The lowest BCUT2D eigenvalue weighted by atomic mass is 9.78. The van der Waals surface area contributed by atoms with Crippen molar-refractivity contribution in [2.45, 2.75) is 57.9 Å². The zero-order valence-corrected chi connectivity index (χ0v) is 13.5.